The third-order valence-electron chi connectivity index (χ3n) is 25.4. The van der Waals surface area contributed by atoms with Gasteiger partial charge < -0.3 is 4.90 Å². The van der Waals surface area contributed by atoms with E-state index in [0.717, 1.165) is 17.1 Å². The van der Waals surface area contributed by atoms with Crippen LogP contribution in [0.3, 0.4) is 0 Å². The van der Waals surface area contributed by atoms with Gasteiger partial charge in [0.05, 0.1) is 0 Å². The summed E-state index contributed by atoms with van der Waals surface area (Å²) in [6.07, 6.45) is 13.7. The molecule has 21 rings (SSSR count). The molecule has 0 radical (unpaired) electrons. The van der Waals surface area contributed by atoms with Crippen LogP contribution in [0.5, 0.6) is 0 Å². The molecule has 0 aliphatic carbocycles. The Kier molecular flexibility index (Phi) is 16.7. The Hall–Kier alpha value is -14.2. The number of nitrogens with zero attached hydrogens (tertiary/aromatic N) is 1. The number of benzene rings is 21. The van der Waals surface area contributed by atoms with Crippen LogP contribution in [0.2, 0.25) is 0 Å². The van der Waals surface area contributed by atoms with Crippen molar-refractivity contribution in [3.8, 4) is 33.4 Å². The van der Waals surface area contributed by atoms with Crippen molar-refractivity contribution in [2.24, 2.45) is 0 Å². The van der Waals surface area contributed by atoms with E-state index in [-0.39, 0.29) is 0 Å². The average molecular weight is 1460 g/mol. The molecule has 0 amide bonds. The second kappa shape index (κ2) is 27.9. The second-order valence-corrected chi connectivity index (χ2v) is 31.5. The monoisotopic (exact) mass is 1460 g/mol. The largest absolute Gasteiger partial charge is 0.310 e. The summed E-state index contributed by atoms with van der Waals surface area (Å²) in [6.45, 7) is 14.0. The molecular weight excluding hydrogens is 1380 g/mol. The number of hydrogen-bond donors (Lipinski definition) is 0. The Balaban J connectivity index is 0.673. The molecule has 0 N–H and O–H groups in total. The first-order valence-corrected chi connectivity index (χ1v) is 40.3. The molecule has 0 heterocycles. The molecular formula is C114H81N. The lowest BCUT2D eigenvalue weighted by Crippen LogP contribution is -2.10. The van der Waals surface area contributed by atoms with Crippen LogP contribution in [0.15, 0.2) is 346 Å². The summed E-state index contributed by atoms with van der Waals surface area (Å²) in [4.78, 5) is 2.52. The average Bonchev–Trinajstić information content (AvgIpc) is 0.737. The predicted octanol–water partition coefficient (Wildman–Crippen LogP) is 32.4. The third-order valence-corrected chi connectivity index (χ3v) is 25.4. The van der Waals surface area contributed by atoms with Crippen LogP contribution in [0.25, 0.3) is 199 Å². The zero-order valence-electron chi connectivity index (χ0n) is 65.3. The van der Waals surface area contributed by atoms with Crippen molar-refractivity contribution in [2.75, 3.05) is 4.90 Å². The SMILES string of the molecule is Cc1c(C)c2cc(N(c3ccc4c(c3)c(C)c(C)c3cc(-c5ccc(C=Cc6cccc7ccccc67)c6ccccc56)ccc34)c3ccc4c(c3)c(C)c(C)c3cc(-c5ccc(C=Cc6cccc7ccccc67)c6ccccc56)ccc34)ccc2c2ccc(-c3ccc(C=Cc4cccc5ccccc45)c4ccccc34)cc12. The van der Waals surface area contributed by atoms with E-state index >= 15 is 0 Å². The van der Waals surface area contributed by atoms with Crippen LogP contribution in [-0.4, -0.2) is 0 Å². The zero-order valence-corrected chi connectivity index (χ0v) is 65.3. The van der Waals surface area contributed by atoms with E-state index in [1.54, 1.807) is 0 Å². The predicted molar refractivity (Wildman–Crippen MR) is 502 cm³/mol. The fourth-order valence-corrected chi connectivity index (χ4v) is 19.0. The van der Waals surface area contributed by atoms with E-state index < -0.39 is 0 Å². The summed E-state index contributed by atoms with van der Waals surface area (Å²) < 4.78 is 0. The van der Waals surface area contributed by atoms with E-state index in [1.165, 1.54) is 229 Å². The highest BCUT2D eigenvalue weighted by atomic mass is 15.1. The van der Waals surface area contributed by atoms with Crippen LogP contribution in [0.1, 0.15) is 66.8 Å². The molecule has 542 valence electrons. The number of rotatable bonds is 12. The quantitative estimate of drug-likeness (QED) is 0.0870. The highest BCUT2D eigenvalue weighted by molar-refractivity contribution is 6.18. The summed E-state index contributed by atoms with van der Waals surface area (Å²) in [5.41, 5.74) is 25.6. The molecule has 0 aromatic heterocycles. The number of anilines is 3. The summed E-state index contributed by atoms with van der Waals surface area (Å²) in [6, 6.07) is 129. The number of hydrogen-bond acceptors (Lipinski definition) is 1. The molecule has 0 saturated carbocycles. The van der Waals surface area contributed by atoms with Crippen molar-refractivity contribution in [3.63, 3.8) is 0 Å². The second-order valence-electron chi connectivity index (χ2n) is 31.5. The molecule has 1 nitrogen and oxygen atoms in total. The molecule has 0 spiro atoms. The van der Waals surface area contributed by atoms with Crippen LogP contribution in [0, 0.1) is 41.5 Å². The highest BCUT2D eigenvalue weighted by Gasteiger charge is 2.23. The number of aryl methyl sites for hydroxylation is 6. The molecule has 115 heavy (non-hydrogen) atoms. The van der Waals surface area contributed by atoms with Gasteiger partial charge in [0.25, 0.3) is 0 Å². The smallest absolute Gasteiger partial charge is 0.0468 e. The molecule has 1 heteroatoms. The summed E-state index contributed by atoms with van der Waals surface area (Å²) in [7, 11) is 0. The highest BCUT2D eigenvalue weighted by Crippen LogP contribution is 2.48. The van der Waals surface area contributed by atoms with Gasteiger partial charge in [-0.25, -0.2) is 0 Å². The van der Waals surface area contributed by atoms with Gasteiger partial charge in [-0.1, -0.05) is 328 Å². The van der Waals surface area contributed by atoms with Gasteiger partial charge in [-0.2, -0.15) is 0 Å². The minimum atomic E-state index is 1.11. The van der Waals surface area contributed by atoms with Crippen LogP contribution < -0.4 is 4.90 Å². The van der Waals surface area contributed by atoms with Crippen LogP contribution in [0.4, 0.5) is 17.1 Å². The fourth-order valence-electron chi connectivity index (χ4n) is 19.0. The lowest BCUT2D eigenvalue weighted by atomic mass is 9.88. The normalized spacial score (nSPS) is 12.2. The van der Waals surface area contributed by atoms with E-state index in [0.29, 0.717) is 0 Å². The van der Waals surface area contributed by atoms with Crippen LogP contribution >= 0.6 is 0 Å². The lowest BCUT2D eigenvalue weighted by molar-refractivity contribution is 1.29. The van der Waals surface area contributed by atoms with Gasteiger partial charge >= 0.3 is 0 Å². The van der Waals surface area contributed by atoms with Gasteiger partial charge in [0, 0.05) is 17.1 Å². The molecule has 0 unspecified atom stereocenters. The number of fused-ring (bicyclic) bond motifs is 15. The van der Waals surface area contributed by atoms with E-state index in [4.69, 9.17) is 0 Å². The maximum atomic E-state index is 2.52. The maximum Gasteiger partial charge on any atom is 0.0468 e. The van der Waals surface area contributed by atoms with Gasteiger partial charge in [0.2, 0.25) is 0 Å². The van der Waals surface area contributed by atoms with E-state index in [1.807, 2.05) is 0 Å². The molecule has 21 aromatic rings. The zero-order chi connectivity index (χ0) is 77.1. The summed E-state index contributed by atoms with van der Waals surface area (Å²) >= 11 is 0. The first-order chi connectivity index (χ1) is 56.5. The standard InChI is InChI=1S/C114H81N/c1-70-73(4)112-67-88(52-61-106(112)103-58-49-85(64-109(70)103)97-55-46-82(94-34-13-16-37-100(94)97)43-40-79-28-19-25-76-22-7-10-31-91(76)79)115(89-53-62-107-104-59-50-86(65-110(104)71(2)74(5)113(107)68-89)98-56-47-83(95-35-14-17-38-101(95)98)44-41-80-29-20-26-77-23-8-11-32-92(77)80)90-54-63-108-105-60-51-87(66-111(105)72(3)75(6)114(108)69-90)99-57-48-84(96-36-15-18-39-102(96)99)45-42-81-30-21-27-78-24-9-12-33-93(78)81/h7-69H,1-6H3. The van der Waals surface area contributed by atoms with Gasteiger partial charge in [0.15, 0.2) is 0 Å². The molecule has 0 fully saturated rings. The van der Waals surface area contributed by atoms with E-state index in [2.05, 4.69) is 429 Å². The molecule has 0 bridgehead atoms. The van der Waals surface area contributed by atoms with E-state index in [9.17, 15) is 0 Å². The molecule has 21 aromatic carbocycles. The Bertz CT molecular complexity index is 7040. The minimum absolute atomic E-state index is 1.11. The first-order valence-electron chi connectivity index (χ1n) is 40.3. The van der Waals surface area contributed by atoms with Crippen LogP contribution in [-0.2, 0) is 0 Å². The van der Waals surface area contributed by atoms with Gasteiger partial charge in [-0.15, -0.1) is 0 Å². The molecule has 0 aliphatic rings. The Labute approximate surface area is 670 Å². The minimum Gasteiger partial charge on any atom is -0.310 e. The Morgan fingerprint density at radius 3 is 0.652 bits per heavy atom. The van der Waals surface area contributed by atoms with Crippen molar-refractivity contribution in [2.45, 2.75) is 41.5 Å². The summed E-state index contributed by atoms with van der Waals surface area (Å²) in [5, 5.41) is 30.0. The Morgan fingerprint density at radius 1 is 0.157 bits per heavy atom. The lowest BCUT2D eigenvalue weighted by Gasteiger charge is -2.28. The van der Waals surface area contributed by atoms with Crippen molar-refractivity contribution < 1.29 is 0 Å². The first kappa shape index (κ1) is 68.8. The fraction of sp³-hybridized carbons (Fsp3) is 0.0526. The van der Waals surface area contributed by atoms with Gasteiger partial charge in [0.1, 0.15) is 0 Å². The van der Waals surface area contributed by atoms with Gasteiger partial charge in [-0.05, 0) is 326 Å². The summed E-state index contributed by atoms with van der Waals surface area (Å²) in [5.74, 6) is 0. The third kappa shape index (κ3) is 11.7. The molecule has 0 atom stereocenters. The molecule has 0 saturated heterocycles. The van der Waals surface area contributed by atoms with Gasteiger partial charge in [-0.3, -0.25) is 0 Å². The van der Waals surface area contributed by atoms with Crippen molar-refractivity contribution in [3.05, 3.63) is 413 Å². The Morgan fingerprint density at radius 2 is 0.374 bits per heavy atom. The molecule has 0 aliphatic heterocycles. The van der Waals surface area contributed by atoms with Crippen molar-refractivity contribution >= 4 is 183 Å². The van der Waals surface area contributed by atoms with Crippen molar-refractivity contribution in [1.82, 2.24) is 0 Å². The topological polar surface area (TPSA) is 3.24 Å². The maximum absolute atomic E-state index is 2.52. The van der Waals surface area contributed by atoms with Crippen molar-refractivity contribution in [1.29, 1.82) is 0 Å².